The number of aromatic nitrogens is 1. The molecule has 0 saturated heterocycles. The monoisotopic (exact) mass is 288 g/mol. The van der Waals surface area contributed by atoms with Gasteiger partial charge in [0.05, 0.1) is 30.4 Å². The predicted molar refractivity (Wildman–Crippen MR) is 81.6 cm³/mol. The number of ether oxygens (including phenoxy) is 1. The summed E-state index contributed by atoms with van der Waals surface area (Å²) in [5.41, 5.74) is 8.06. The van der Waals surface area contributed by atoms with Crippen molar-refractivity contribution in [3.63, 3.8) is 0 Å². The van der Waals surface area contributed by atoms with E-state index >= 15 is 0 Å². The summed E-state index contributed by atoms with van der Waals surface area (Å²) >= 11 is 1.65. The van der Waals surface area contributed by atoms with Crippen molar-refractivity contribution in [2.24, 2.45) is 10.7 Å². The number of rotatable bonds is 3. The third-order valence-electron chi connectivity index (χ3n) is 3.31. The molecule has 5 nitrogen and oxygen atoms in total. The normalized spacial score (nSPS) is 18.2. The number of hydrogen-bond acceptors (Lipinski definition) is 6. The highest BCUT2D eigenvalue weighted by atomic mass is 32.1. The van der Waals surface area contributed by atoms with E-state index in [1.807, 2.05) is 36.1 Å². The van der Waals surface area contributed by atoms with Crippen LogP contribution >= 0.6 is 11.3 Å². The number of aliphatic imine (C=N–C) groups is 1. The second-order valence-electron chi connectivity index (χ2n) is 4.57. The smallest absolute Gasteiger partial charge is 0.196 e. The van der Waals surface area contributed by atoms with Crippen LogP contribution in [0.2, 0.25) is 0 Å². The van der Waals surface area contributed by atoms with Crippen molar-refractivity contribution in [1.29, 1.82) is 0 Å². The number of thiazole rings is 1. The maximum absolute atomic E-state index is 6.04. The van der Waals surface area contributed by atoms with E-state index in [4.69, 9.17) is 10.5 Å². The number of guanidine groups is 1. The highest BCUT2D eigenvalue weighted by Gasteiger charge is 2.30. The van der Waals surface area contributed by atoms with Crippen LogP contribution in [0.1, 0.15) is 16.7 Å². The lowest BCUT2D eigenvalue weighted by Gasteiger charge is -2.25. The Morgan fingerprint density at radius 1 is 1.35 bits per heavy atom. The van der Waals surface area contributed by atoms with Gasteiger partial charge in [0.2, 0.25) is 0 Å². The van der Waals surface area contributed by atoms with Crippen LogP contribution < -0.4 is 15.4 Å². The number of aryl methyl sites for hydroxylation is 1. The third kappa shape index (κ3) is 2.22. The molecule has 0 saturated carbocycles. The Kier molecular flexibility index (Phi) is 3.31. The molecule has 1 atom stereocenters. The first-order valence-electron chi connectivity index (χ1n) is 6.34. The molecule has 0 amide bonds. The fourth-order valence-corrected chi connectivity index (χ4v) is 2.97. The zero-order chi connectivity index (χ0) is 14.1. The van der Waals surface area contributed by atoms with E-state index in [9.17, 15) is 0 Å². The molecule has 1 aromatic carbocycles. The summed E-state index contributed by atoms with van der Waals surface area (Å²) in [4.78, 5) is 10.9. The molecule has 1 aromatic heterocycles. The molecule has 0 bridgehead atoms. The largest absolute Gasteiger partial charge is 0.497 e. The van der Waals surface area contributed by atoms with Gasteiger partial charge in [0.25, 0.3) is 0 Å². The first-order valence-corrected chi connectivity index (χ1v) is 7.22. The van der Waals surface area contributed by atoms with Crippen LogP contribution in [-0.4, -0.2) is 24.6 Å². The van der Waals surface area contributed by atoms with Gasteiger partial charge >= 0.3 is 0 Å². The quantitative estimate of drug-likeness (QED) is 0.941. The Morgan fingerprint density at radius 2 is 2.10 bits per heavy atom. The van der Waals surface area contributed by atoms with Crippen LogP contribution in [0.3, 0.4) is 0 Å². The molecule has 0 spiro atoms. The molecule has 1 unspecified atom stereocenters. The van der Waals surface area contributed by atoms with Gasteiger partial charge in [0.1, 0.15) is 5.75 Å². The van der Waals surface area contributed by atoms with Crippen molar-refractivity contribution >= 4 is 23.0 Å². The van der Waals surface area contributed by atoms with E-state index in [1.165, 1.54) is 0 Å². The molecule has 104 valence electrons. The molecule has 0 fully saturated rings. The van der Waals surface area contributed by atoms with E-state index in [0.717, 1.165) is 22.1 Å². The van der Waals surface area contributed by atoms with Crippen molar-refractivity contribution in [3.05, 3.63) is 40.3 Å². The van der Waals surface area contributed by atoms with Crippen LogP contribution in [0.4, 0.5) is 5.69 Å². The summed E-state index contributed by atoms with van der Waals surface area (Å²) in [5.74, 6) is 1.36. The second kappa shape index (κ2) is 5.13. The highest BCUT2D eigenvalue weighted by molar-refractivity contribution is 7.09. The first kappa shape index (κ1) is 12.9. The molecule has 1 aliphatic heterocycles. The molecular formula is C14H16N4OS. The van der Waals surface area contributed by atoms with E-state index < -0.39 is 0 Å². The van der Waals surface area contributed by atoms with Gasteiger partial charge < -0.3 is 15.4 Å². The minimum absolute atomic E-state index is 0.0772. The minimum atomic E-state index is 0.0772. The van der Waals surface area contributed by atoms with Crippen molar-refractivity contribution < 1.29 is 4.74 Å². The van der Waals surface area contributed by atoms with Crippen molar-refractivity contribution in [1.82, 2.24) is 4.98 Å². The van der Waals surface area contributed by atoms with Crippen LogP contribution in [0.25, 0.3) is 0 Å². The van der Waals surface area contributed by atoms with Gasteiger partial charge in [-0.2, -0.15) is 0 Å². The summed E-state index contributed by atoms with van der Waals surface area (Å²) in [6.07, 6.45) is 0. The molecular weight excluding hydrogens is 272 g/mol. The summed E-state index contributed by atoms with van der Waals surface area (Å²) in [6, 6.07) is 7.89. The third-order valence-corrected chi connectivity index (χ3v) is 4.11. The van der Waals surface area contributed by atoms with Gasteiger partial charge in [-0.05, 0) is 31.2 Å². The van der Waals surface area contributed by atoms with Gasteiger partial charge in [-0.3, -0.25) is 4.99 Å². The summed E-state index contributed by atoms with van der Waals surface area (Å²) < 4.78 is 5.18. The SMILES string of the molecule is COc1ccc(N2C(N)=NCC2c2csc(C)n2)cc1. The Morgan fingerprint density at radius 3 is 2.70 bits per heavy atom. The zero-order valence-electron chi connectivity index (χ0n) is 11.4. The fraction of sp³-hybridized carbons (Fsp3) is 0.286. The Hall–Kier alpha value is -2.08. The number of benzene rings is 1. The lowest BCUT2D eigenvalue weighted by atomic mass is 10.2. The molecule has 3 rings (SSSR count). The average molecular weight is 288 g/mol. The van der Waals surface area contributed by atoms with E-state index in [2.05, 4.69) is 15.4 Å². The molecule has 2 aromatic rings. The van der Waals surface area contributed by atoms with Crippen LogP contribution in [0.15, 0.2) is 34.6 Å². The Balaban J connectivity index is 1.93. The molecule has 2 heterocycles. The maximum Gasteiger partial charge on any atom is 0.196 e. The van der Waals surface area contributed by atoms with Crippen molar-refractivity contribution in [2.45, 2.75) is 13.0 Å². The topological polar surface area (TPSA) is 63.7 Å². The fourth-order valence-electron chi connectivity index (χ4n) is 2.31. The van der Waals surface area contributed by atoms with Crippen LogP contribution in [0, 0.1) is 6.92 Å². The maximum atomic E-state index is 6.04. The predicted octanol–water partition coefficient (Wildman–Crippen LogP) is 2.34. The Bertz CT molecular complexity index is 635. The standard InChI is InChI=1S/C14H16N4OS/c1-9-17-12(8-20-9)13-7-16-14(15)18(13)10-3-5-11(19-2)6-4-10/h3-6,8,13H,7H2,1-2H3,(H2,15,16). The van der Waals surface area contributed by atoms with Gasteiger partial charge in [-0.15, -0.1) is 11.3 Å². The van der Waals surface area contributed by atoms with Gasteiger partial charge in [0.15, 0.2) is 5.96 Å². The summed E-state index contributed by atoms with van der Waals surface area (Å²) in [5, 5.41) is 3.13. The molecule has 6 heteroatoms. The number of anilines is 1. The first-order chi connectivity index (χ1) is 9.69. The van der Waals surface area contributed by atoms with E-state index in [0.29, 0.717) is 12.5 Å². The van der Waals surface area contributed by atoms with E-state index in [1.54, 1.807) is 18.4 Å². The van der Waals surface area contributed by atoms with Crippen molar-refractivity contribution in [2.75, 3.05) is 18.6 Å². The second-order valence-corrected chi connectivity index (χ2v) is 5.64. The van der Waals surface area contributed by atoms with Crippen LogP contribution in [0.5, 0.6) is 5.75 Å². The van der Waals surface area contributed by atoms with Gasteiger partial charge in [-0.1, -0.05) is 0 Å². The highest BCUT2D eigenvalue weighted by Crippen LogP contribution is 2.32. The lowest BCUT2D eigenvalue weighted by molar-refractivity contribution is 0.415. The number of hydrogen-bond donors (Lipinski definition) is 1. The summed E-state index contributed by atoms with van der Waals surface area (Å²) in [6.45, 7) is 2.64. The minimum Gasteiger partial charge on any atom is -0.497 e. The number of methoxy groups -OCH3 is 1. The van der Waals surface area contributed by atoms with Crippen LogP contribution in [-0.2, 0) is 0 Å². The molecule has 1 aliphatic rings. The molecule has 0 radical (unpaired) electrons. The molecule has 2 N–H and O–H groups in total. The van der Waals surface area contributed by atoms with E-state index in [-0.39, 0.29) is 6.04 Å². The Labute approximate surface area is 121 Å². The molecule has 20 heavy (non-hydrogen) atoms. The summed E-state index contributed by atoms with van der Waals surface area (Å²) in [7, 11) is 1.65. The molecule has 0 aliphatic carbocycles. The number of nitrogens with two attached hydrogens (primary N) is 1. The van der Waals surface area contributed by atoms with Gasteiger partial charge in [-0.25, -0.2) is 4.98 Å². The number of nitrogens with zero attached hydrogens (tertiary/aromatic N) is 3. The average Bonchev–Trinajstić information content (AvgIpc) is 3.05. The van der Waals surface area contributed by atoms with Crippen molar-refractivity contribution in [3.8, 4) is 5.75 Å². The lowest BCUT2D eigenvalue weighted by Crippen LogP contribution is -2.36. The van der Waals surface area contributed by atoms with Gasteiger partial charge in [0, 0.05) is 11.1 Å². The zero-order valence-corrected chi connectivity index (χ0v) is 12.2.